The minimum atomic E-state index is 0.312. The fourth-order valence-electron chi connectivity index (χ4n) is 3.04. The number of nitrogens with zero attached hydrogens (tertiary/aromatic N) is 1. The molecule has 3 unspecified atom stereocenters. The van der Waals surface area contributed by atoms with E-state index in [0.717, 1.165) is 24.4 Å². The van der Waals surface area contributed by atoms with Gasteiger partial charge in [0.05, 0.1) is 6.10 Å². The molecule has 0 bridgehead atoms. The van der Waals surface area contributed by atoms with E-state index >= 15 is 0 Å². The maximum absolute atomic E-state index is 5.60. The molecule has 1 aromatic rings. The van der Waals surface area contributed by atoms with Crippen molar-refractivity contribution in [2.45, 2.75) is 59.2 Å². The van der Waals surface area contributed by atoms with E-state index in [1.807, 2.05) is 0 Å². The smallest absolute Gasteiger partial charge is 0.0700 e. The van der Waals surface area contributed by atoms with Gasteiger partial charge >= 0.3 is 0 Å². The lowest BCUT2D eigenvalue weighted by atomic mass is 9.99. The van der Waals surface area contributed by atoms with Crippen molar-refractivity contribution < 1.29 is 4.74 Å². The Morgan fingerprint density at radius 1 is 1.39 bits per heavy atom. The summed E-state index contributed by atoms with van der Waals surface area (Å²) in [7, 11) is 0. The first-order chi connectivity index (χ1) is 8.49. The molecular weight excluding hydrogens is 224 g/mol. The van der Waals surface area contributed by atoms with Crippen LogP contribution in [0.3, 0.4) is 0 Å². The molecule has 3 heteroatoms. The first-order valence-corrected chi connectivity index (χ1v) is 6.81. The number of hydrogen-bond acceptors (Lipinski definition) is 3. The van der Waals surface area contributed by atoms with Crippen molar-refractivity contribution in [3.63, 3.8) is 0 Å². The van der Waals surface area contributed by atoms with Crippen molar-refractivity contribution in [3.05, 3.63) is 28.6 Å². The third-order valence-corrected chi connectivity index (χ3v) is 3.86. The Morgan fingerprint density at radius 2 is 2.11 bits per heavy atom. The molecule has 3 atom stereocenters. The molecule has 1 aliphatic heterocycles. The Kier molecular flexibility index (Phi) is 4.03. The number of hydrogen-bond donors (Lipinski definition) is 1. The minimum absolute atomic E-state index is 0.312. The van der Waals surface area contributed by atoms with Crippen LogP contribution < -0.4 is 5.32 Å². The molecule has 0 amide bonds. The lowest BCUT2D eigenvalue weighted by molar-refractivity contribution is 0.111. The van der Waals surface area contributed by atoms with E-state index in [4.69, 9.17) is 4.74 Å². The van der Waals surface area contributed by atoms with Crippen molar-refractivity contribution in [2.75, 3.05) is 6.61 Å². The van der Waals surface area contributed by atoms with Gasteiger partial charge in [-0.25, -0.2) is 0 Å². The Bertz CT molecular complexity index is 407. The van der Waals surface area contributed by atoms with E-state index in [1.165, 1.54) is 11.1 Å². The van der Waals surface area contributed by atoms with Crippen LogP contribution in [-0.4, -0.2) is 23.7 Å². The van der Waals surface area contributed by atoms with Crippen LogP contribution >= 0.6 is 0 Å². The molecule has 18 heavy (non-hydrogen) atoms. The number of aryl methyl sites for hydroxylation is 3. The van der Waals surface area contributed by atoms with Gasteiger partial charge in [-0.1, -0.05) is 0 Å². The van der Waals surface area contributed by atoms with Gasteiger partial charge in [0.2, 0.25) is 0 Å². The topological polar surface area (TPSA) is 34.1 Å². The first kappa shape index (κ1) is 13.5. The highest BCUT2D eigenvalue weighted by Gasteiger charge is 2.26. The van der Waals surface area contributed by atoms with Crippen LogP contribution in [0.5, 0.6) is 0 Å². The largest absolute Gasteiger partial charge is 0.377 e. The van der Waals surface area contributed by atoms with E-state index in [0.29, 0.717) is 18.2 Å². The fraction of sp³-hybridized carbons (Fsp3) is 0.667. The minimum Gasteiger partial charge on any atom is -0.377 e. The van der Waals surface area contributed by atoms with Crippen LogP contribution in [0.15, 0.2) is 6.07 Å². The maximum Gasteiger partial charge on any atom is 0.0700 e. The predicted molar refractivity (Wildman–Crippen MR) is 73.8 cm³/mol. The quantitative estimate of drug-likeness (QED) is 0.893. The summed E-state index contributed by atoms with van der Waals surface area (Å²) in [5, 5.41) is 3.68. The SMILES string of the molecule is Cc1cc(C)c(C(C)NC2CCOC2C)c(C)n1. The standard InChI is InChI=1S/C15H24N2O/c1-9-8-10(2)16-11(3)15(9)12(4)17-14-6-7-18-13(14)5/h8,12-14,17H,6-7H2,1-5H3. The van der Waals surface area contributed by atoms with Crippen molar-refractivity contribution in [3.8, 4) is 0 Å². The average Bonchev–Trinajstić information content (AvgIpc) is 2.62. The molecule has 1 saturated heterocycles. The van der Waals surface area contributed by atoms with Gasteiger partial charge in [0.25, 0.3) is 0 Å². The van der Waals surface area contributed by atoms with Crippen molar-refractivity contribution in [1.82, 2.24) is 10.3 Å². The molecule has 0 saturated carbocycles. The molecule has 0 spiro atoms. The maximum atomic E-state index is 5.60. The highest BCUT2D eigenvalue weighted by atomic mass is 16.5. The molecular formula is C15H24N2O. The van der Waals surface area contributed by atoms with Crippen LogP contribution in [0, 0.1) is 20.8 Å². The van der Waals surface area contributed by atoms with Crippen molar-refractivity contribution in [1.29, 1.82) is 0 Å². The summed E-state index contributed by atoms with van der Waals surface area (Å²) in [6, 6.07) is 2.95. The van der Waals surface area contributed by atoms with Crippen LogP contribution in [-0.2, 0) is 4.74 Å². The summed E-state index contributed by atoms with van der Waals surface area (Å²) in [4.78, 5) is 4.58. The molecule has 0 aromatic carbocycles. The molecule has 100 valence electrons. The van der Waals surface area contributed by atoms with Gasteiger partial charge in [0, 0.05) is 30.1 Å². The predicted octanol–water partition coefficient (Wildman–Crippen LogP) is 2.83. The summed E-state index contributed by atoms with van der Waals surface area (Å²) in [6.07, 6.45) is 1.41. The number of pyridine rings is 1. The van der Waals surface area contributed by atoms with E-state index in [-0.39, 0.29) is 0 Å². The number of rotatable bonds is 3. The van der Waals surface area contributed by atoms with E-state index in [9.17, 15) is 0 Å². The highest BCUT2D eigenvalue weighted by Crippen LogP contribution is 2.24. The van der Waals surface area contributed by atoms with Crippen LogP contribution in [0.1, 0.15) is 48.8 Å². The molecule has 3 nitrogen and oxygen atoms in total. The Balaban J connectivity index is 2.16. The van der Waals surface area contributed by atoms with Gasteiger partial charge in [-0.05, 0) is 58.2 Å². The summed E-state index contributed by atoms with van der Waals surface area (Å²) < 4.78 is 5.60. The number of ether oxygens (including phenoxy) is 1. The molecule has 1 N–H and O–H groups in total. The van der Waals surface area contributed by atoms with Gasteiger partial charge in [0.1, 0.15) is 0 Å². The van der Waals surface area contributed by atoms with Crippen molar-refractivity contribution in [2.24, 2.45) is 0 Å². The number of aromatic nitrogens is 1. The van der Waals surface area contributed by atoms with Crippen LogP contribution in [0.25, 0.3) is 0 Å². The lowest BCUT2D eigenvalue weighted by Crippen LogP contribution is -2.37. The summed E-state index contributed by atoms with van der Waals surface area (Å²) >= 11 is 0. The van der Waals surface area contributed by atoms with Crippen LogP contribution in [0.4, 0.5) is 0 Å². The summed E-state index contributed by atoms with van der Waals surface area (Å²) in [5.74, 6) is 0. The second-order valence-electron chi connectivity index (χ2n) is 5.44. The number of nitrogens with one attached hydrogen (secondary N) is 1. The van der Waals surface area contributed by atoms with Gasteiger partial charge in [0.15, 0.2) is 0 Å². The molecule has 0 aliphatic carbocycles. The zero-order chi connectivity index (χ0) is 13.3. The Morgan fingerprint density at radius 3 is 2.67 bits per heavy atom. The third kappa shape index (κ3) is 2.73. The Labute approximate surface area is 110 Å². The Hall–Kier alpha value is -0.930. The zero-order valence-electron chi connectivity index (χ0n) is 12.1. The molecule has 1 aliphatic rings. The van der Waals surface area contributed by atoms with E-state index in [1.54, 1.807) is 0 Å². The lowest BCUT2D eigenvalue weighted by Gasteiger charge is -2.24. The zero-order valence-corrected chi connectivity index (χ0v) is 12.1. The molecule has 1 fully saturated rings. The van der Waals surface area contributed by atoms with Gasteiger partial charge < -0.3 is 10.1 Å². The molecule has 2 heterocycles. The first-order valence-electron chi connectivity index (χ1n) is 6.81. The van der Waals surface area contributed by atoms with Crippen LogP contribution in [0.2, 0.25) is 0 Å². The molecule has 2 rings (SSSR count). The molecule has 0 radical (unpaired) electrons. The third-order valence-electron chi connectivity index (χ3n) is 3.86. The second kappa shape index (κ2) is 5.37. The monoisotopic (exact) mass is 248 g/mol. The van der Waals surface area contributed by atoms with Gasteiger partial charge in [-0.15, -0.1) is 0 Å². The van der Waals surface area contributed by atoms with E-state index < -0.39 is 0 Å². The fourth-order valence-corrected chi connectivity index (χ4v) is 3.04. The van der Waals surface area contributed by atoms with Crippen molar-refractivity contribution >= 4 is 0 Å². The summed E-state index contributed by atoms with van der Waals surface area (Å²) in [6.45, 7) is 11.6. The second-order valence-corrected chi connectivity index (χ2v) is 5.44. The average molecular weight is 248 g/mol. The van der Waals surface area contributed by atoms with Gasteiger partial charge in [-0.2, -0.15) is 0 Å². The molecule has 1 aromatic heterocycles. The normalized spacial score (nSPS) is 25.4. The van der Waals surface area contributed by atoms with Gasteiger partial charge in [-0.3, -0.25) is 4.98 Å². The van der Waals surface area contributed by atoms with E-state index in [2.05, 4.69) is 51.0 Å². The highest BCUT2D eigenvalue weighted by molar-refractivity contribution is 5.33. The summed E-state index contributed by atoms with van der Waals surface area (Å²) in [5.41, 5.74) is 4.89.